The van der Waals surface area contributed by atoms with Crippen molar-refractivity contribution in [3.63, 3.8) is 0 Å². The van der Waals surface area contributed by atoms with Crippen molar-refractivity contribution >= 4 is 18.3 Å². The molecular weight excluding hydrogens is 396 g/mol. The zero-order chi connectivity index (χ0) is 20.4. The Balaban J connectivity index is 0.00000256. The van der Waals surface area contributed by atoms with Gasteiger partial charge in [0.25, 0.3) is 5.91 Å². The van der Waals surface area contributed by atoms with Crippen LogP contribution >= 0.6 is 12.4 Å². The molecule has 1 aliphatic rings. The average Bonchev–Trinajstić information content (AvgIpc) is 3.36. The molecule has 0 aliphatic carbocycles. The van der Waals surface area contributed by atoms with Crippen molar-refractivity contribution in [2.75, 3.05) is 26.7 Å². The average molecular weight is 425 g/mol. The van der Waals surface area contributed by atoms with Gasteiger partial charge in [0.15, 0.2) is 0 Å². The number of aryl methyl sites for hydroxylation is 2. The molecule has 1 N–H and O–H groups in total. The first-order valence-corrected chi connectivity index (χ1v) is 10.2. The second kappa shape index (κ2) is 9.45. The summed E-state index contributed by atoms with van der Waals surface area (Å²) < 4.78 is 1.82. The first kappa shape index (κ1) is 22.1. The third kappa shape index (κ3) is 4.42. The van der Waals surface area contributed by atoms with E-state index in [1.54, 1.807) is 0 Å². The Morgan fingerprint density at radius 1 is 1.17 bits per heavy atom. The van der Waals surface area contributed by atoms with Crippen LogP contribution < -0.4 is 5.32 Å². The van der Waals surface area contributed by atoms with E-state index in [1.807, 2.05) is 53.2 Å². The van der Waals surface area contributed by atoms with E-state index in [9.17, 15) is 4.79 Å². The Bertz CT molecular complexity index is 1020. The van der Waals surface area contributed by atoms with Crippen LogP contribution in [-0.4, -0.2) is 47.3 Å². The van der Waals surface area contributed by atoms with Crippen LogP contribution in [0.1, 0.15) is 27.9 Å². The van der Waals surface area contributed by atoms with Gasteiger partial charge in [-0.1, -0.05) is 42.0 Å². The number of carbonyl (C=O) groups is 1. The van der Waals surface area contributed by atoms with Crippen molar-refractivity contribution in [2.24, 2.45) is 5.92 Å². The number of aromatic nitrogens is 2. The maximum atomic E-state index is 13.5. The molecule has 1 aliphatic heterocycles. The van der Waals surface area contributed by atoms with Gasteiger partial charge in [0.1, 0.15) is 5.69 Å². The quantitative estimate of drug-likeness (QED) is 0.665. The van der Waals surface area contributed by atoms with Crippen molar-refractivity contribution in [1.29, 1.82) is 0 Å². The summed E-state index contributed by atoms with van der Waals surface area (Å²) in [6.45, 7) is 6.70. The molecule has 1 saturated heterocycles. The smallest absolute Gasteiger partial charge is 0.257 e. The fraction of sp³-hybridized carbons (Fsp3) is 0.333. The number of amides is 1. The fourth-order valence-corrected chi connectivity index (χ4v) is 4.16. The number of hydrogen-bond donors (Lipinski definition) is 1. The summed E-state index contributed by atoms with van der Waals surface area (Å²) >= 11 is 0. The minimum absolute atomic E-state index is 0. The van der Waals surface area contributed by atoms with Crippen LogP contribution in [0.5, 0.6) is 0 Å². The summed E-state index contributed by atoms with van der Waals surface area (Å²) in [6.07, 6.45) is 2.93. The van der Waals surface area contributed by atoms with E-state index in [-0.39, 0.29) is 18.3 Å². The van der Waals surface area contributed by atoms with Crippen LogP contribution in [0.3, 0.4) is 0 Å². The van der Waals surface area contributed by atoms with E-state index in [4.69, 9.17) is 5.10 Å². The Morgan fingerprint density at radius 2 is 1.93 bits per heavy atom. The van der Waals surface area contributed by atoms with Crippen LogP contribution in [0, 0.1) is 19.8 Å². The number of carbonyl (C=O) groups excluding carboxylic acids is 1. The molecule has 30 heavy (non-hydrogen) atoms. The molecule has 1 atom stereocenters. The molecular formula is C24H29ClN4O. The number of rotatable bonds is 5. The Morgan fingerprint density at radius 3 is 2.63 bits per heavy atom. The predicted octanol–water partition coefficient (Wildman–Crippen LogP) is 4.26. The van der Waals surface area contributed by atoms with Crippen LogP contribution in [0.25, 0.3) is 16.9 Å². The Kier molecular flexibility index (Phi) is 6.95. The molecule has 3 aromatic rings. The van der Waals surface area contributed by atoms with Gasteiger partial charge < -0.3 is 10.2 Å². The van der Waals surface area contributed by atoms with E-state index < -0.39 is 0 Å². The number of benzene rings is 2. The Hall–Kier alpha value is -2.63. The van der Waals surface area contributed by atoms with Gasteiger partial charge in [-0.15, -0.1) is 12.4 Å². The van der Waals surface area contributed by atoms with E-state index in [0.29, 0.717) is 11.5 Å². The van der Waals surface area contributed by atoms with Gasteiger partial charge in [-0.25, -0.2) is 4.68 Å². The molecule has 0 spiro atoms. The van der Waals surface area contributed by atoms with Gasteiger partial charge in [-0.2, -0.15) is 5.10 Å². The predicted molar refractivity (Wildman–Crippen MR) is 124 cm³/mol. The highest BCUT2D eigenvalue weighted by molar-refractivity contribution is 6.00. The topological polar surface area (TPSA) is 50.2 Å². The lowest BCUT2D eigenvalue weighted by Crippen LogP contribution is -2.30. The summed E-state index contributed by atoms with van der Waals surface area (Å²) in [7, 11) is 1.96. The molecule has 0 radical (unpaired) electrons. The standard InChI is InChI=1S/C24H28N4O.ClH/c1-17-9-10-21(18(2)13-17)23-22(16-28(26-23)20-7-5-4-6-8-20)24(29)27-12-11-19(15-27)14-25-3;/h4-10,13,16,19,25H,11-12,14-15H2,1-3H3;1H. The third-order valence-electron chi connectivity index (χ3n) is 5.67. The molecule has 6 heteroatoms. The molecule has 0 saturated carbocycles. The van der Waals surface area contributed by atoms with E-state index in [2.05, 4.69) is 37.4 Å². The lowest BCUT2D eigenvalue weighted by atomic mass is 10.0. The van der Waals surface area contributed by atoms with Crippen LogP contribution in [0.2, 0.25) is 0 Å². The summed E-state index contributed by atoms with van der Waals surface area (Å²) in [5, 5.41) is 8.08. The number of hydrogen-bond acceptors (Lipinski definition) is 3. The van der Waals surface area contributed by atoms with Crippen LogP contribution in [0.15, 0.2) is 54.7 Å². The maximum absolute atomic E-state index is 13.5. The van der Waals surface area contributed by atoms with Gasteiger partial charge >= 0.3 is 0 Å². The molecule has 0 bridgehead atoms. The molecule has 2 aromatic carbocycles. The summed E-state index contributed by atoms with van der Waals surface area (Å²) in [5.74, 6) is 0.582. The van der Waals surface area contributed by atoms with E-state index >= 15 is 0 Å². The summed E-state index contributed by atoms with van der Waals surface area (Å²) in [5.41, 5.74) is 5.73. The highest BCUT2D eigenvalue weighted by atomic mass is 35.5. The van der Waals surface area contributed by atoms with E-state index in [1.165, 1.54) is 5.56 Å². The lowest BCUT2D eigenvalue weighted by Gasteiger charge is -2.17. The first-order valence-electron chi connectivity index (χ1n) is 10.2. The monoisotopic (exact) mass is 424 g/mol. The van der Waals surface area contributed by atoms with Gasteiger partial charge in [0.05, 0.1) is 11.3 Å². The molecule has 1 unspecified atom stereocenters. The number of halogens is 1. The van der Waals surface area contributed by atoms with Crippen LogP contribution in [-0.2, 0) is 0 Å². The second-order valence-electron chi connectivity index (χ2n) is 7.95. The number of likely N-dealkylation sites (tertiary alicyclic amines) is 1. The number of nitrogens with zero attached hydrogens (tertiary/aromatic N) is 3. The van der Waals surface area contributed by atoms with Crippen molar-refractivity contribution in [3.8, 4) is 16.9 Å². The van der Waals surface area contributed by atoms with Crippen molar-refractivity contribution in [1.82, 2.24) is 20.0 Å². The van der Waals surface area contributed by atoms with Gasteiger partial charge in [-0.3, -0.25) is 4.79 Å². The zero-order valence-corrected chi connectivity index (χ0v) is 18.6. The molecule has 1 aromatic heterocycles. The SMILES string of the molecule is CNCC1CCN(C(=O)c2cn(-c3ccccc3)nc2-c2ccc(C)cc2C)C1.Cl. The minimum atomic E-state index is 0. The molecule has 1 fully saturated rings. The van der Waals surface area contributed by atoms with Crippen molar-refractivity contribution in [2.45, 2.75) is 20.3 Å². The molecule has 4 rings (SSSR count). The molecule has 1 amide bonds. The normalized spacial score (nSPS) is 15.8. The molecule has 5 nitrogen and oxygen atoms in total. The van der Waals surface area contributed by atoms with Gasteiger partial charge in [0, 0.05) is 24.8 Å². The molecule has 158 valence electrons. The van der Waals surface area contributed by atoms with Crippen molar-refractivity contribution < 1.29 is 4.79 Å². The zero-order valence-electron chi connectivity index (χ0n) is 17.8. The van der Waals surface area contributed by atoms with Gasteiger partial charge in [0.2, 0.25) is 0 Å². The maximum Gasteiger partial charge on any atom is 0.257 e. The highest BCUT2D eigenvalue weighted by Crippen LogP contribution is 2.29. The fourth-order valence-electron chi connectivity index (χ4n) is 4.16. The summed E-state index contributed by atoms with van der Waals surface area (Å²) in [4.78, 5) is 15.4. The lowest BCUT2D eigenvalue weighted by molar-refractivity contribution is 0.0788. The number of nitrogens with one attached hydrogen (secondary N) is 1. The summed E-state index contributed by atoms with van der Waals surface area (Å²) in [6, 6.07) is 16.3. The molecule has 2 heterocycles. The minimum Gasteiger partial charge on any atom is -0.338 e. The van der Waals surface area contributed by atoms with E-state index in [0.717, 1.165) is 48.6 Å². The number of para-hydroxylation sites is 1. The Labute approximate surface area is 184 Å². The van der Waals surface area contributed by atoms with Crippen molar-refractivity contribution in [3.05, 3.63) is 71.4 Å². The highest BCUT2D eigenvalue weighted by Gasteiger charge is 2.30. The van der Waals surface area contributed by atoms with Gasteiger partial charge in [-0.05, 0) is 57.5 Å². The largest absolute Gasteiger partial charge is 0.338 e. The first-order chi connectivity index (χ1) is 14.1. The second-order valence-corrected chi connectivity index (χ2v) is 7.95. The third-order valence-corrected chi connectivity index (χ3v) is 5.67. The van der Waals surface area contributed by atoms with Crippen LogP contribution in [0.4, 0.5) is 0 Å².